The van der Waals surface area contributed by atoms with Crippen molar-refractivity contribution < 1.29 is 13.3 Å². The minimum atomic E-state index is -3.92. The predicted octanol–water partition coefficient (Wildman–Crippen LogP) is 3.01. The number of pyridine rings is 1. The van der Waals surface area contributed by atoms with E-state index in [1.807, 2.05) is 31.1 Å². The Kier molecular flexibility index (Phi) is 4.47. The molecule has 9 heteroatoms. The summed E-state index contributed by atoms with van der Waals surface area (Å²) in [6, 6.07) is 12.9. The van der Waals surface area contributed by atoms with Gasteiger partial charge in [-0.05, 0) is 18.2 Å². The third-order valence-corrected chi connectivity index (χ3v) is 5.24. The van der Waals surface area contributed by atoms with Gasteiger partial charge in [-0.25, -0.2) is 13.4 Å². The Balaban J connectivity index is 2.04. The molecule has 0 saturated heterocycles. The van der Waals surface area contributed by atoms with Crippen molar-refractivity contribution in [3.05, 3.63) is 64.8 Å². The molecular formula is C17H16N4O4S. The average molecular weight is 372 g/mol. The van der Waals surface area contributed by atoms with Gasteiger partial charge in [0.15, 0.2) is 0 Å². The van der Waals surface area contributed by atoms with Crippen LogP contribution < -0.4 is 9.62 Å². The van der Waals surface area contributed by atoms with Gasteiger partial charge in [-0.3, -0.25) is 14.8 Å². The maximum atomic E-state index is 12.8. The molecule has 0 atom stereocenters. The summed E-state index contributed by atoms with van der Waals surface area (Å²) in [7, 11) is -0.149. The fraction of sp³-hybridized carbons (Fsp3) is 0.118. The lowest BCUT2D eigenvalue weighted by molar-refractivity contribution is -0.385. The zero-order valence-electron chi connectivity index (χ0n) is 14.1. The lowest BCUT2D eigenvalue weighted by Gasteiger charge is -2.17. The first kappa shape index (κ1) is 17.6. The predicted molar refractivity (Wildman–Crippen MR) is 100.0 cm³/mol. The molecule has 0 fully saturated rings. The van der Waals surface area contributed by atoms with Crippen LogP contribution in [0.15, 0.2) is 59.6 Å². The number of anilines is 2. The summed E-state index contributed by atoms with van der Waals surface area (Å²) in [5.41, 5.74) is 0.682. The highest BCUT2D eigenvalue weighted by molar-refractivity contribution is 7.93. The number of hydrogen-bond donors (Lipinski definition) is 1. The summed E-state index contributed by atoms with van der Waals surface area (Å²) in [6.45, 7) is 0. The van der Waals surface area contributed by atoms with Crippen LogP contribution in [0, 0.1) is 10.1 Å². The first-order chi connectivity index (χ1) is 12.3. The minimum Gasteiger partial charge on any atom is -0.377 e. The number of rotatable bonds is 5. The molecule has 1 heterocycles. The van der Waals surface area contributed by atoms with Crippen LogP contribution in [0.4, 0.5) is 17.2 Å². The van der Waals surface area contributed by atoms with Crippen LogP contribution in [0.1, 0.15) is 0 Å². The largest absolute Gasteiger partial charge is 0.377 e. The quantitative estimate of drug-likeness (QED) is 0.545. The Labute approximate surface area is 150 Å². The van der Waals surface area contributed by atoms with Crippen molar-refractivity contribution in [3.63, 3.8) is 0 Å². The van der Waals surface area contributed by atoms with Crippen LogP contribution in [-0.4, -0.2) is 32.4 Å². The third-order valence-electron chi connectivity index (χ3n) is 3.83. The Bertz CT molecular complexity index is 1080. The van der Waals surface area contributed by atoms with E-state index in [0.717, 1.165) is 17.3 Å². The van der Waals surface area contributed by atoms with Gasteiger partial charge in [0.1, 0.15) is 12.0 Å². The molecule has 0 spiro atoms. The van der Waals surface area contributed by atoms with E-state index in [1.54, 1.807) is 18.2 Å². The fourth-order valence-corrected chi connectivity index (χ4v) is 3.87. The molecule has 3 rings (SSSR count). The molecular weight excluding hydrogens is 356 g/mol. The number of nitrogens with one attached hydrogen (secondary N) is 1. The Morgan fingerprint density at radius 2 is 1.73 bits per heavy atom. The number of fused-ring (bicyclic) bond motifs is 1. The van der Waals surface area contributed by atoms with Crippen LogP contribution in [0.25, 0.3) is 10.8 Å². The SMILES string of the molecule is CN(C)c1cccc2c(S(=O)(=O)Nc3ccc([N+](=O)[O-])cn3)cccc12. The van der Waals surface area contributed by atoms with E-state index >= 15 is 0 Å². The van der Waals surface area contributed by atoms with Gasteiger partial charge in [0, 0.05) is 36.6 Å². The molecule has 26 heavy (non-hydrogen) atoms. The maximum Gasteiger partial charge on any atom is 0.287 e. The number of hydrogen-bond acceptors (Lipinski definition) is 6. The Morgan fingerprint density at radius 1 is 1.04 bits per heavy atom. The molecule has 0 radical (unpaired) electrons. The normalized spacial score (nSPS) is 11.3. The topological polar surface area (TPSA) is 105 Å². The molecule has 0 aliphatic heterocycles. The van der Waals surface area contributed by atoms with Crippen LogP contribution in [0.5, 0.6) is 0 Å². The standard InChI is InChI=1S/C17H16N4O4S/c1-20(2)15-7-3-6-14-13(15)5-4-8-16(14)26(24,25)19-17-10-9-12(11-18-17)21(22)23/h3-11H,1-2H3,(H,18,19). The number of nitro groups is 1. The lowest BCUT2D eigenvalue weighted by Crippen LogP contribution is -2.15. The average Bonchev–Trinajstić information content (AvgIpc) is 2.60. The van der Waals surface area contributed by atoms with E-state index in [2.05, 4.69) is 9.71 Å². The smallest absolute Gasteiger partial charge is 0.287 e. The van der Waals surface area contributed by atoms with Crippen molar-refractivity contribution >= 4 is 38.0 Å². The summed E-state index contributed by atoms with van der Waals surface area (Å²) >= 11 is 0. The zero-order chi connectivity index (χ0) is 18.9. The van der Waals surface area contributed by atoms with E-state index in [9.17, 15) is 18.5 Å². The summed E-state index contributed by atoms with van der Waals surface area (Å²) in [5, 5.41) is 12.1. The van der Waals surface area contributed by atoms with E-state index < -0.39 is 14.9 Å². The zero-order valence-corrected chi connectivity index (χ0v) is 14.9. The highest BCUT2D eigenvalue weighted by Crippen LogP contribution is 2.31. The molecule has 0 saturated carbocycles. The van der Waals surface area contributed by atoms with Crippen LogP contribution >= 0.6 is 0 Å². The molecule has 0 bridgehead atoms. The van der Waals surface area contributed by atoms with Crippen LogP contribution in [0.2, 0.25) is 0 Å². The van der Waals surface area contributed by atoms with Crippen molar-refractivity contribution in [2.75, 3.05) is 23.7 Å². The second kappa shape index (κ2) is 6.60. The summed E-state index contributed by atoms with van der Waals surface area (Å²) in [6.07, 6.45) is 1.01. The van der Waals surface area contributed by atoms with Crippen molar-refractivity contribution in [1.29, 1.82) is 0 Å². The van der Waals surface area contributed by atoms with Crippen molar-refractivity contribution in [1.82, 2.24) is 4.98 Å². The molecule has 134 valence electrons. The number of nitrogens with zero attached hydrogens (tertiary/aromatic N) is 3. The van der Waals surface area contributed by atoms with Gasteiger partial charge in [-0.1, -0.05) is 24.3 Å². The fourth-order valence-electron chi connectivity index (χ4n) is 2.64. The highest BCUT2D eigenvalue weighted by Gasteiger charge is 2.19. The first-order valence-electron chi connectivity index (χ1n) is 7.62. The van der Waals surface area contributed by atoms with E-state index in [4.69, 9.17) is 0 Å². The van der Waals surface area contributed by atoms with Gasteiger partial charge < -0.3 is 4.90 Å². The molecule has 0 amide bonds. The minimum absolute atomic E-state index is 0.0105. The molecule has 8 nitrogen and oxygen atoms in total. The van der Waals surface area contributed by atoms with Gasteiger partial charge in [0.05, 0.1) is 9.82 Å². The van der Waals surface area contributed by atoms with Gasteiger partial charge in [0.2, 0.25) is 0 Å². The highest BCUT2D eigenvalue weighted by atomic mass is 32.2. The molecule has 2 aromatic carbocycles. The van der Waals surface area contributed by atoms with E-state index in [0.29, 0.717) is 5.39 Å². The molecule has 1 aromatic heterocycles. The lowest BCUT2D eigenvalue weighted by atomic mass is 10.1. The summed E-state index contributed by atoms with van der Waals surface area (Å²) < 4.78 is 28.0. The molecule has 0 aliphatic rings. The van der Waals surface area contributed by atoms with Crippen LogP contribution in [0.3, 0.4) is 0 Å². The van der Waals surface area contributed by atoms with Crippen LogP contribution in [-0.2, 0) is 10.0 Å². The molecule has 1 N–H and O–H groups in total. The van der Waals surface area contributed by atoms with Gasteiger partial charge in [-0.2, -0.15) is 0 Å². The number of sulfonamides is 1. The maximum absolute atomic E-state index is 12.8. The first-order valence-corrected chi connectivity index (χ1v) is 9.10. The molecule has 0 aliphatic carbocycles. The van der Waals surface area contributed by atoms with Gasteiger partial charge in [-0.15, -0.1) is 0 Å². The van der Waals surface area contributed by atoms with Gasteiger partial charge >= 0.3 is 0 Å². The second-order valence-corrected chi connectivity index (χ2v) is 7.44. The number of benzene rings is 2. The van der Waals surface area contributed by atoms with Crippen molar-refractivity contribution in [3.8, 4) is 0 Å². The number of aromatic nitrogens is 1. The van der Waals surface area contributed by atoms with Crippen molar-refractivity contribution in [2.45, 2.75) is 4.90 Å². The summed E-state index contributed by atoms with van der Waals surface area (Å²) in [4.78, 5) is 15.9. The molecule has 3 aromatic rings. The monoisotopic (exact) mass is 372 g/mol. The van der Waals surface area contributed by atoms with E-state index in [-0.39, 0.29) is 16.4 Å². The summed E-state index contributed by atoms with van der Waals surface area (Å²) in [5.74, 6) is 0.0105. The van der Waals surface area contributed by atoms with Gasteiger partial charge in [0.25, 0.3) is 15.7 Å². The third kappa shape index (κ3) is 3.29. The second-order valence-electron chi connectivity index (χ2n) is 5.79. The van der Waals surface area contributed by atoms with Crippen molar-refractivity contribution in [2.24, 2.45) is 0 Å². The Hall–Kier alpha value is -3.20. The van der Waals surface area contributed by atoms with E-state index in [1.165, 1.54) is 18.2 Å². The Morgan fingerprint density at radius 3 is 2.35 bits per heavy atom. The molecule has 0 unspecified atom stereocenters.